The summed E-state index contributed by atoms with van der Waals surface area (Å²) in [6, 6.07) is 7.84. The van der Waals surface area contributed by atoms with Gasteiger partial charge >= 0.3 is 0 Å². The standard InChI is InChI=1S/C14H16N2OS/c1-17-13(9-5-6-9)14-16-12(8-18-14)10-3-2-4-11(15)7-10/h2-4,7-9,13H,5-6,15H2,1H3. The SMILES string of the molecule is COC(c1nc(-c2cccc(N)c2)cs1)C1CC1. The van der Waals surface area contributed by atoms with Crippen molar-refractivity contribution in [3.63, 3.8) is 0 Å². The molecule has 0 aliphatic heterocycles. The number of rotatable bonds is 4. The Bertz CT molecular complexity index is 548. The van der Waals surface area contributed by atoms with Crippen molar-refractivity contribution in [2.75, 3.05) is 12.8 Å². The Labute approximate surface area is 111 Å². The van der Waals surface area contributed by atoms with Crippen LogP contribution in [0.3, 0.4) is 0 Å². The number of hydrogen-bond donors (Lipinski definition) is 1. The Morgan fingerprint density at radius 2 is 2.28 bits per heavy atom. The Morgan fingerprint density at radius 1 is 1.44 bits per heavy atom. The lowest BCUT2D eigenvalue weighted by Crippen LogP contribution is -2.02. The summed E-state index contributed by atoms with van der Waals surface area (Å²) in [5.41, 5.74) is 8.63. The van der Waals surface area contributed by atoms with Crippen molar-refractivity contribution in [2.24, 2.45) is 5.92 Å². The number of nitrogen functional groups attached to an aromatic ring is 1. The molecule has 1 aromatic heterocycles. The van der Waals surface area contributed by atoms with E-state index in [2.05, 4.69) is 5.38 Å². The van der Waals surface area contributed by atoms with Crippen LogP contribution in [0.4, 0.5) is 5.69 Å². The third kappa shape index (κ3) is 2.26. The summed E-state index contributed by atoms with van der Waals surface area (Å²) in [5, 5.41) is 3.16. The summed E-state index contributed by atoms with van der Waals surface area (Å²) in [6.07, 6.45) is 2.68. The first-order valence-corrected chi connectivity index (χ1v) is 7.00. The van der Waals surface area contributed by atoms with Gasteiger partial charge in [-0.3, -0.25) is 0 Å². The number of ether oxygens (including phenoxy) is 1. The van der Waals surface area contributed by atoms with Gasteiger partial charge in [0.05, 0.1) is 5.69 Å². The number of thiazole rings is 1. The maximum atomic E-state index is 5.80. The van der Waals surface area contributed by atoms with Crippen LogP contribution in [0.2, 0.25) is 0 Å². The van der Waals surface area contributed by atoms with Crippen molar-refractivity contribution in [3.8, 4) is 11.3 Å². The smallest absolute Gasteiger partial charge is 0.122 e. The van der Waals surface area contributed by atoms with Gasteiger partial charge in [0.25, 0.3) is 0 Å². The molecule has 1 heterocycles. The second-order valence-electron chi connectivity index (χ2n) is 4.69. The van der Waals surface area contributed by atoms with Gasteiger partial charge in [-0.05, 0) is 30.9 Å². The monoisotopic (exact) mass is 260 g/mol. The number of benzene rings is 1. The van der Waals surface area contributed by atoms with Crippen LogP contribution in [0.25, 0.3) is 11.3 Å². The van der Waals surface area contributed by atoms with E-state index < -0.39 is 0 Å². The van der Waals surface area contributed by atoms with E-state index in [1.165, 1.54) is 12.8 Å². The minimum atomic E-state index is 0.171. The first-order chi connectivity index (χ1) is 8.78. The van der Waals surface area contributed by atoms with Crippen molar-refractivity contribution in [3.05, 3.63) is 34.7 Å². The zero-order chi connectivity index (χ0) is 12.5. The zero-order valence-corrected chi connectivity index (χ0v) is 11.1. The third-order valence-electron chi connectivity index (χ3n) is 3.25. The van der Waals surface area contributed by atoms with Crippen LogP contribution in [0, 0.1) is 5.92 Å². The Balaban J connectivity index is 1.88. The number of nitrogens with zero attached hydrogens (tertiary/aromatic N) is 1. The van der Waals surface area contributed by atoms with Crippen LogP contribution in [0.15, 0.2) is 29.6 Å². The molecule has 4 heteroatoms. The first kappa shape index (κ1) is 11.7. The van der Waals surface area contributed by atoms with Crippen LogP contribution in [0.1, 0.15) is 24.0 Å². The third-order valence-corrected chi connectivity index (χ3v) is 4.16. The predicted octanol–water partition coefficient (Wildman–Crippen LogP) is 3.49. The molecule has 0 bridgehead atoms. The Morgan fingerprint density at radius 3 is 2.94 bits per heavy atom. The van der Waals surface area contributed by atoms with Gasteiger partial charge in [-0.15, -0.1) is 11.3 Å². The van der Waals surface area contributed by atoms with Gasteiger partial charge in [0.1, 0.15) is 11.1 Å². The lowest BCUT2D eigenvalue weighted by Gasteiger charge is -2.10. The highest BCUT2D eigenvalue weighted by atomic mass is 32.1. The number of methoxy groups -OCH3 is 1. The van der Waals surface area contributed by atoms with E-state index in [-0.39, 0.29) is 6.10 Å². The summed E-state index contributed by atoms with van der Waals surface area (Å²) in [4.78, 5) is 4.69. The molecule has 1 aliphatic carbocycles. The number of nitrogens with two attached hydrogens (primary N) is 1. The van der Waals surface area contributed by atoms with Gasteiger partial charge in [0.2, 0.25) is 0 Å². The highest BCUT2D eigenvalue weighted by Crippen LogP contribution is 2.44. The van der Waals surface area contributed by atoms with Crippen LogP contribution in [0.5, 0.6) is 0 Å². The van der Waals surface area contributed by atoms with E-state index in [1.54, 1.807) is 18.4 Å². The van der Waals surface area contributed by atoms with E-state index >= 15 is 0 Å². The predicted molar refractivity (Wildman–Crippen MR) is 74.4 cm³/mol. The average molecular weight is 260 g/mol. The lowest BCUT2D eigenvalue weighted by molar-refractivity contribution is 0.0844. The summed E-state index contributed by atoms with van der Waals surface area (Å²) < 4.78 is 5.56. The fourth-order valence-corrected chi connectivity index (χ4v) is 3.14. The fraction of sp³-hybridized carbons (Fsp3) is 0.357. The van der Waals surface area contributed by atoms with Crippen molar-refractivity contribution in [1.29, 1.82) is 0 Å². The number of hydrogen-bond acceptors (Lipinski definition) is 4. The summed E-state index contributed by atoms with van der Waals surface area (Å²) in [7, 11) is 1.77. The Hall–Kier alpha value is -1.39. The maximum Gasteiger partial charge on any atom is 0.122 e. The van der Waals surface area contributed by atoms with E-state index in [9.17, 15) is 0 Å². The van der Waals surface area contributed by atoms with Gasteiger partial charge in [0.15, 0.2) is 0 Å². The second-order valence-corrected chi connectivity index (χ2v) is 5.58. The zero-order valence-electron chi connectivity index (χ0n) is 10.3. The van der Waals surface area contributed by atoms with E-state index in [1.807, 2.05) is 24.3 Å². The average Bonchev–Trinajstić information content (AvgIpc) is 3.07. The topological polar surface area (TPSA) is 48.1 Å². The molecule has 0 radical (unpaired) electrons. The van der Waals surface area contributed by atoms with Gasteiger partial charge < -0.3 is 10.5 Å². The molecule has 0 spiro atoms. The highest BCUT2D eigenvalue weighted by molar-refractivity contribution is 7.10. The van der Waals surface area contributed by atoms with Crippen LogP contribution in [-0.4, -0.2) is 12.1 Å². The highest BCUT2D eigenvalue weighted by Gasteiger charge is 2.34. The molecular formula is C14H16N2OS. The molecule has 94 valence electrons. The summed E-state index contributed by atoms with van der Waals surface area (Å²) in [6.45, 7) is 0. The molecule has 3 nitrogen and oxygen atoms in total. The molecule has 1 atom stereocenters. The number of aromatic nitrogens is 1. The molecule has 0 saturated heterocycles. The fourth-order valence-electron chi connectivity index (χ4n) is 2.14. The molecular weight excluding hydrogens is 244 g/mol. The van der Waals surface area contributed by atoms with E-state index in [4.69, 9.17) is 15.5 Å². The van der Waals surface area contributed by atoms with Crippen LogP contribution in [-0.2, 0) is 4.74 Å². The second kappa shape index (κ2) is 4.71. The summed E-state index contributed by atoms with van der Waals surface area (Å²) >= 11 is 1.67. The van der Waals surface area contributed by atoms with Crippen molar-refractivity contribution in [2.45, 2.75) is 18.9 Å². The molecule has 2 aromatic rings. The van der Waals surface area contributed by atoms with E-state index in [0.29, 0.717) is 5.92 Å². The van der Waals surface area contributed by atoms with Crippen LogP contribution < -0.4 is 5.73 Å². The molecule has 3 rings (SSSR count). The van der Waals surface area contributed by atoms with E-state index in [0.717, 1.165) is 22.0 Å². The molecule has 1 aromatic carbocycles. The number of anilines is 1. The minimum absolute atomic E-state index is 0.171. The van der Waals surface area contributed by atoms with Gasteiger partial charge in [-0.2, -0.15) is 0 Å². The van der Waals surface area contributed by atoms with Gasteiger partial charge in [-0.1, -0.05) is 12.1 Å². The minimum Gasteiger partial charge on any atom is -0.399 e. The maximum absolute atomic E-state index is 5.80. The normalized spacial score (nSPS) is 16.7. The quantitative estimate of drug-likeness (QED) is 0.856. The molecule has 18 heavy (non-hydrogen) atoms. The molecule has 1 unspecified atom stereocenters. The molecule has 1 aliphatic rings. The molecule has 1 fully saturated rings. The van der Waals surface area contributed by atoms with Crippen molar-refractivity contribution >= 4 is 17.0 Å². The molecule has 0 amide bonds. The summed E-state index contributed by atoms with van der Waals surface area (Å²) in [5.74, 6) is 0.662. The lowest BCUT2D eigenvalue weighted by atomic mass is 10.1. The van der Waals surface area contributed by atoms with Crippen LogP contribution >= 0.6 is 11.3 Å². The van der Waals surface area contributed by atoms with Crippen molar-refractivity contribution in [1.82, 2.24) is 4.98 Å². The van der Waals surface area contributed by atoms with Gasteiger partial charge in [0, 0.05) is 23.7 Å². The van der Waals surface area contributed by atoms with Gasteiger partial charge in [-0.25, -0.2) is 4.98 Å². The largest absolute Gasteiger partial charge is 0.399 e. The molecule has 2 N–H and O–H groups in total. The first-order valence-electron chi connectivity index (χ1n) is 6.12. The van der Waals surface area contributed by atoms with Crippen molar-refractivity contribution < 1.29 is 4.74 Å². The Kier molecular flexibility index (Phi) is 3.06. The molecule has 1 saturated carbocycles.